The molecule has 1 amide bonds. The van der Waals surface area contributed by atoms with Gasteiger partial charge in [-0.3, -0.25) is 9.78 Å². The number of hydrogen-bond donors (Lipinski definition) is 0. The molecule has 3 aromatic heterocycles. The molecule has 0 N–H and O–H groups in total. The highest BCUT2D eigenvalue weighted by Crippen LogP contribution is 2.20. The fourth-order valence-electron chi connectivity index (χ4n) is 2.89. The van der Waals surface area contributed by atoms with Gasteiger partial charge in [-0.2, -0.15) is 0 Å². The molecule has 0 atom stereocenters. The van der Waals surface area contributed by atoms with Crippen LogP contribution in [-0.2, 0) is 0 Å². The Labute approximate surface area is 158 Å². The van der Waals surface area contributed by atoms with E-state index in [1.54, 1.807) is 29.4 Å². The number of nitrogens with zero attached hydrogens (tertiary/aromatic N) is 5. The van der Waals surface area contributed by atoms with Crippen LogP contribution in [0, 0.1) is 0 Å². The van der Waals surface area contributed by atoms with Crippen molar-refractivity contribution in [2.75, 3.05) is 31.1 Å². The van der Waals surface area contributed by atoms with Crippen LogP contribution in [0.1, 0.15) is 10.6 Å². The highest BCUT2D eigenvalue weighted by molar-refractivity contribution is 9.10. The van der Waals surface area contributed by atoms with Crippen molar-refractivity contribution in [3.05, 3.63) is 59.2 Å². The highest BCUT2D eigenvalue weighted by atomic mass is 79.9. The minimum Gasteiger partial charge on any atom is -0.444 e. The second-order valence-electron chi connectivity index (χ2n) is 5.90. The summed E-state index contributed by atoms with van der Waals surface area (Å²) in [6.45, 7) is 2.64. The van der Waals surface area contributed by atoms with Crippen LogP contribution in [0.25, 0.3) is 11.3 Å². The standard InChI is InChI=1S/C18H16BrN5O2/c19-16-3-2-15(26-16)18(25)24-11-9-23(10-12-24)17-4-1-14(21-22-17)13-5-7-20-8-6-13/h1-8H,9-12H2. The van der Waals surface area contributed by atoms with Crippen LogP contribution in [0.15, 0.2) is 57.9 Å². The van der Waals surface area contributed by atoms with Crippen LogP contribution in [0.5, 0.6) is 0 Å². The average molecular weight is 414 g/mol. The number of hydrogen-bond acceptors (Lipinski definition) is 6. The molecule has 4 rings (SSSR count). The lowest BCUT2D eigenvalue weighted by Crippen LogP contribution is -2.49. The number of carbonyl (C=O) groups is 1. The van der Waals surface area contributed by atoms with E-state index < -0.39 is 0 Å². The number of rotatable bonds is 3. The van der Waals surface area contributed by atoms with Crippen LogP contribution in [-0.4, -0.2) is 52.2 Å². The molecule has 7 nitrogen and oxygen atoms in total. The van der Waals surface area contributed by atoms with E-state index >= 15 is 0 Å². The second-order valence-corrected chi connectivity index (χ2v) is 6.68. The van der Waals surface area contributed by atoms with Crippen molar-refractivity contribution in [2.45, 2.75) is 0 Å². The summed E-state index contributed by atoms with van der Waals surface area (Å²) in [6, 6.07) is 11.1. The topological polar surface area (TPSA) is 75.4 Å². The summed E-state index contributed by atoms with van der Waals surface area (Å²) in [5.74, 6) is 1.08. The van der Waals surface area contributed by atoms with Gasteiger partial charge in [0.15, 0.2) is 16.2 Å². The molecule has 0 unspecified atom stereocenters. The van der Waals surface area contributed by atoms with Crippen molar-refractivity contribution in [3.63, 3.8) is 0 Å². The minimum atomic E-state index is -0.0885. The van der Waals surface area contributed by atoms with E-state index in [4.69, 9.17) is 4.42 Å². The first-order valence-electron chi connectivity index (χ1n) is 8.24. The van der Waals surface area contributed by atoms with Crippen molar-refractivity contribution >= 4 is 27.7 Å². The van der Waals surface area contributed by atoms with Crippen LogP contribution >= 0.6 is 15.9 Å². The molecule has 0 bridgehead atoms. The van der Waals surface area contributed by atoms with Crippen LogP contribution < -0.4 is 4.90 Å². The van der Waals surface area contributed by atoms with E-state index in [2.05, 4.69) is 36.0 Å². The molecule has 0 saturated carbocycles. The fraction of sp³-hybridized carbons (Fsp3) is 0.222. The Morgan fingerprint density at radius 1 is 0.962 bits per heavy atom. The van der Waals surface area contributed by atoms with E-state index in [9.17, 15) is 4.79 Å². The number of amides is 1. The summed E-state index contributed by atoms with van der Waals surface area (Å²) in [5, 5.41) is 8.65. The van der Waals surface area contributed by atoms with Crippen LogP contribution in [0.4, 0.5) is 5.82 Å². The lowest BCUT2D eigenvalue weighted by molar-refractivity contribution is 0.0713. The highest BCUT2D eigenvalue weighted by Gasteiger charge is 2.24. The first kappa shape index (κ1) is 16.7. The van der Waals surface area contributed by atoms with Gasteiger partial charge in [-0.05, 0) is 52.3 Å². The molecule has 26 heavy (non-hydrogen) atoms. The Bertz CT molecular complexity index is 889. The Kier molecular flexibility index (Phi) is 4.66. The van der Waals surface area contributed by atoms with E-state index in [0.717, 1.165) is 17.1 Å². The van der Waals surface area contributed by atoms with Crippen molar-refractivity contribution in [2.24, 2.45) is 0 Å². The predicted molar refractivity (Wildman–Crippen MR) is 99.8 cm³/mol. The third-order valence-corrected chi connectivity index (χ3v) is 4.73. The normalized spacial score (nSPS) is 14.5. The van der Waals surface area contributed by atoms with Gasteiger partial charge in [0.1, 0.15) is 0 Å². The van der Waals surface area contributed by atoms with Gasteiger partial charge in [-0.25, -0.2) is 0 Å². The molecule has 1 fully saturated rings. The van der Waals surface area contributed by atoms with E-state index in [0.29, 0.717) is 36.6 Å². The van der Waals surface area contributed by atoms with Crippen molar-refractivity contribution < 1.29 is 9.21 Å². The number of furan rings is 1. The molecule has 0 aromatic carbocycles. The predicted octanol–water partition coefficient (Wildman–Crippen LogP) is 2.86. The third-order valence-electron chi connectivity index (χ3n) is 4.30. The number of halogens is 1. The molecule has 8 heteroatoms. The van der Waals surface area contributed by atoms with E-state index in [-0.39, 0.29) is 5.91 Å². The Morgan fingerprint density at radius 3 is 2.35 bits per heavy atom. The Balaban J connectivity index is 1.39. The number of anilines is 1. The molecule has 0 radical (unpaired) electrons. The Morgan fingerprint density at radius 2 is 1.73 bits per heavy atom. The molecule has 3 aromatic rings. The quantitative estimate of drug-likeness (QED) is 0.656. The van der Waals surface area contributed by atoms with Crippen molar-refractivity contribution in [3.8, 4) is 11.3 Å². The minimum absolute atomic E-state index is 0.0885. The number of carbonyl (C=O) groups excluding carboxylic acids is 1. The van der Waals surface area contributed by atoms with Crippen molar-refractivity contribution in [1.29, 1.82) is 0 Å². The molecule has 1 aliphatic heterocycles. The number of piperazine rings is 1. The first-order valence-corrected chi connectivity index (χ1v) is 9.04. The maximum absolute atomic E-state index is 12.4. The first-order chi connectivity index (χ1) is 12.7. The zero-order valence-electron chi connectivity index (χ0n) is 13.9. The number of aromatic nitrogens is 3. The average Bonchev–Trinajstić information content (AvgIpc) is 3.15. The van der Waals surface area contributed by atoms with Crippen LogP contribution in [0.2, 0.25) is 0 Å². The monoisotopic (exact) mass is 413 g/mol. The SMILES string of the molecule is O=C(c1ccc(Br)o1)N1CCN(c2ccc(-c3ccncc3)nn2)CC1. The zero-order chi connectivity index (χ0) is 17.9. The van der Waals surface area contributed by atoms with Crippen LogP contribution in [0.3, 0.4) is 0 Å². The van der Waals surface area contributed by atoms with Gasteiger partial charge in [0, 0.05) is 44.1 Å². The Hall–Kier alpha value is -2.74. The summed E-state index contributed by atoms with van der Waals surface area (Å²) >= 11 is 3.22. The summed E-state index contributed by atoms with van der Waals surface area (Å²) in [5.41, 5.74) is 1.80. The molecule has 1 aliphatic rings. The van der Waals surface area contributed by atoms with Gasteiger partial charge >= 0.3 is 0 Å². The maximum Gasteiger partial charge on any atom is 0.289 e. The molecule has 0 spiro atoms. The molecule has 4 heterocycles. The smallest absolute Gasteiger partial charge is 0.289 e. The van der Waals surface area contributed by atoms with Gasteiger partial charge in [0.2, 0.25) is 0 Å². The zero-order valence-corrected chi connectivity index (χ0v) is 15.5. The lowest BCUT2D eigenvalue weighted by Gasteiger charge is -2.34. The maximum atomic E-state index is 12.4. The summed E-state index contributed by atoms with van der Waals surface area (Å²) in [4.78, 5) is 20.3. The summed E-state index contributed by atoms with van der Waals surface area (Å²) in [6.07, 6.45) is 3.47. The van der Waals surface area contributed by atoms with E-state index in [1.807, 2.05) is 24.3 Å². The molecular formula is C18H16BrN5O2. The van der Waals surface area contributed by atoms with E-state index in [1.165, 1.54) is 0 Å². The van der Waals surface area contributed by atoms with Gasteiger partial charge in [0.05, 0.1) is 5.69 Å². The summed E-state index contributed by atoms with van der Waals surface area (Å²) in [7, 11) is 0. The molecular weight excluding hydrogens is 398 g/mol. The fourth-order valence-corrected chi connectivity index (χ4v) is 3.20. The molecule has 0 aliphatic carbocycles. The largest absolute Gasteiger partial charge is 0.444 e. The van der Waals surface area contributed by atoms with Gasteiger partial charge in [0.25, 0.3) is 5.91 Å². The number of pyridine rings is 1. The molecule has 1 saturated heterocycles. The van der Waals surface area contributed by atoms with Gasteiger partial charge < -0.3 is 14.2 Å². The third kappa shape index (κ3) is 3.45. The van der Waals surface area contributed by atoms with Gasteiger partial charge in [-0.15, -0.1) is 10.2 Å². The molecule has 132 valence electrons. The van der Waals surface area contributed by atoms with Gasteiger partial charge in [-0.1, -0.05) is 0 Å². The van der Waals surface area contributed by atoms with Crippen molar-refractivity contribution in [1.82, 2.24) is 20.1 Å². The summed E-state index contributed by atoms with van der Waals surface area (Å²) < 4.78 is 5.91. The lowest BCUT2D eigenvalue weighted by atomic mass is 10.2. The second kappa shape index (κ2) is 7.25.